The Balaban J connectivity index is 1.79. The molecule has 0 amide bonds. The fourth-order valence-corrected chi connectivity index (χ4v) is 2.55. The van der Waals surface area contributed by atoms with E-state index < -0.39 is 0 Å². The van der Waals surface area contributed by atoms with Crippen molar-refractivity contribution in [1.82, 2.24) is 19.9 Å². The summed E-state index contributed by atoms with van der Waals surface area (Å²) in [4.78, 5) is 2.84. The van der Waals surface area contributed by atoms with Gasteiger partial charge in [0.15, 0.2) is 0 Å². The number of morpholine rings is 1. The number of halogens is 1. The molecule has 1 aromatic heterocycles. The van der Waals surface area contributed by atoms with Crippen molar-refractivity contribution >= 4 is 33.1 Å². The highest BCUT2D eigenvalue weighted by molar-refractivity contribution is 9.10. The second kappa shape index (κ2) is 5.99. The molecule has 104 valence electrons. The van der Waals surface area contributed by atoms with Gasteiger partial charge in [0.1, 0.15) is 10.7 Å². The van der Waals surface area contributed by atoms with Crippen molar-refractivity contribution in [2.75, 3.05) is 26.3 Å². The lowest BCUT2D eigenvalue weighted by Gasteiger charge is -2.27. The number of rotatable bonds is 2. The third-order valence-electron chi connectivity index (χ3n) is 3.10. The summed E-state index contributed by atoms with van der Waals surface area (Å²) in [7, 11) is 0. The van der Waals surface area contributed by atoms with Crippen molar-refractivity contribution in [2.45, 2.75) is 0 Å². The number of thiocarbonyl (C=S) groups is 1. The minimum absolute atomic E-state index is 0.709. The Kier molecular flexibility index (Phi) is 4.09. The zero-order valence-corrected chi connectivity index (χ0v) is 13.1. The molecule has 1 aromatic carbocycles. The van der Waals surface area contributed by atoms with Crippen LogP contribution in [0.5, 0.6) is 0 Å². The molecule has 1 aliphatic rings. The molecule has 0 bridgehead atoms. The van der Waals surface area contributed by atoms with Crippen LogP contribution < -0.4 is 0 Å². The van der Waals surface area contributed by atoms with E-state index in [0.29, 0.717) is 13.2 Å². The molecular weight excluding hydrogens is 340 g/mol. The Hall–Kier alpha value is -1.31. The number of aromatic nitrogens is 3. The Morgan fingerprint density at radius 2 is 1.90 bits per heavy atom. The van der Waals surface area contributed by atoms with Crippen LogP contribution in [0.15, 0.2) is 34.9 Å². The Labute approximate surface area is 130 Å². The predicted molar refractivity (Wildman–Crippen MR) is 83.2 cm³/mol. The average Bonchev–Trinajstić information content (AvgIpc) is 2.98. The normalized spacial score (nSPS) is 15.3. The predicted octanol–water partition coefficient (Wildman–Crippen LogP) is 2.04. The van der Waals surface area contributed by atoms with Crippen molar-refractivity contribution in [2.24, 2.45) is 0 Å². The van der Waals surface area contributed by atoms with Crippen LogP contribution in [0.1, 0.15) is 5.69 Å². The zero-order chi connectivity index (χ0) is 13.9. The number of hydrogen-bond donors (Lipinski definition) is 0. The summed E-state index contributed by atoms with van der Waals surface area (Å²) in [5, 5.41) is 8.31. The zero-order valence-electron chi connectivity index (χ0n) is 10.7. The van der Waals surface area contributed by atoms with Gasteiger partial charge in [-0.1, -0.05) is 33.4 Å². The molecule has 2 aromatic rings. The molecule has 1 aliphatic heterocycles. The van der Waals surface area contributed by atoms with Gasteiger partial charge in [-0.3, -0.25) is 0 Å². The third kappa shape index (κ3) is 2.89. The van der Waals surface area contributed by atoms with E-state index in [1.54, 1.807) is 4.68 Å². The average molecular weight is 353 g/mol. The third-order valence-corrected chi connectivity index (χ3v) is 4.10. The Morgan fingerprint density at radius 3 is 2.60 bits per heavy atom. The van der Waals surface area contributed by atoms with Gasteiger partial charge in [-0.2, -0.15) is 0 Å². The van der Waals surface area contributed by atoms with Crippen LogP contribution in [0.2, 0.25) is 0 Å². The lowest BCUT2D eigenvalue weighted by Crippen LogP contribution is -2.40. The second-order valence-corrected chi connectivity index (χ2v) is 5.73. The lowest BCUT2D eigenvalue weighted by atomic mass is 10.3. The molecule has 1 fully saturated rings. The van der Waals surface area contributed by atoms with E-state index in [2.05, 4.69) is 31.1 Å². The number of nitrogens with zero attached hydrogens (tertiary/aromatic N) is 4. The number of benzene rings is 1. The van der Waals surface area contributed by atoms with Gasteiger partial charge in [0.05, 0.1) is 25.1 Å². The molecule has 0 aliphatic carbocycles. The molecule has 3 rings (SSSR count). The number of hydrogen-bond acceptors (Lipinski definition) is 4. The summed E-state index contributed by atoms with van der Waals surface area (Å²) in [5.41, 5.74) is 1.68. The summed E-state index contributed by atoms with van der Waals surface area (Å²) in [6, 6.07) is 7.88. The molecule has 1 saturated heterocycles. The Morgan fingerprint density at radius 1 is 1.20 bits per heavy atom. The van der Waals surface area contributed by atoms with E-state index in [1.165, 1.54) is 0 Å². The molecule has 0 N–H and O–H groups in total. The minimum atomic E-state index is 0.709. The van der Waals surface area contributed by atoms with E-state index in [1.807, 2.05) is 30.5 Å². The standard InChI is InChI=1S/C13H13BrN4OS/c14-10-1-3-11(4-2-10)18-9-12(15-16-18)13(20)17-5-7-19-8-6-17/h1-4,9H,5-8H2. The second-order valence-electron chi connectivity index (χ2n) is 4.43. The van der Waals surface area contributed by atoms with Crippen LogP contribution in [0.4, 0.5) is 0 Å². The van der Waals surface area contributed by atoms with Crippen molar-refractivity contribution in [3.05, 3.63) is 40.6 Å². The van der Waals surface area contributed by atoms with Crippen LogP contribution in [0.3, 0.4) is 0 Å². The summed E-state index contributed by atoms with van der Waals surface area (Å²) in [5.74, 6) is 0. The first kappa shape index (κ1) is 13.7. The maximum atomic E-state index is 5.47. The summed E-state index contributed by atoms with van der Waals surface area (Å²) < 4.78 is 8.09. The van der Waals surface area contributed by atoms with E-state index in [0.717, 1.165) is 33.9 Å². The quantitative estimate of drug-likeness (QED) is 0.773. The first-order valence-electron chi connectivity index (χ1n) is 6.29. The largest absolute Gasteiger partial charge is 0.378 e. The fraction of sp³-hybridized carbons (Fsp3) is 0.308. The lowest BCUT2D eigenvalue weighted by molar-refractivity contribution is 0.0692. The molecule has 0 atom stereocenters. The van der Waals surface area contributed by atoms with Gasteiger partial charge in [-0.05, 0) is 24.3 Å². The van der Waals surface area contributed by atoms with Crippen LogP contribution in [0, 0.1) is 0 Å². The van der Waals surface area contributed by atoms with Gasteiger partial charge in [0.25, 0.3) is 0 Å². The molecule has 2 heterocycles. The highest BCUT2D eigenvalue weighted by atomic mass is 79.9. The molecule has 20 heavy (non-hydrogen) atoms. The highest BCUT2D eigenvalue weighted by Crippen LogP contribution is 2.14. The van der Waals surface area contributed by atoms with Gasteiger partial charge in [-0.15, -0.1) is 5.10 Å². The first-order chi connectivity index (χ1) is 9.74. The van der Waals surface area contributed by atoms with E-state index in [4.69, 9.17) is 17.0 Å². The van der Waals surface area contributed by atoms with Crippen molar-refractivity contribution in [1.29, 1.82) is 0 Å². The number of ether oxygens (including phenoxy) is 1. The van der Waals surface area contributed by atoms with Gasteiger partial charge >= 0.3 is 0 Å². The molecule has 0 radical (unpaired) electrons. The molecule has 0 unspecified atom stereocenters. The summed E-state index contributed by atoms with van der Waals surface area (Å²) in [6.45, 7) is 3.04. The van der Waals surface area contributed by atoms with Gasteiger partial charge in [0, 0.05) is 17.6 Å². The van der Waals surface area contributed by atoms with E-state index in [-0.39, 0.29) is 0 Å². The van der Waals surface area contributed by atoms with E-state index in [9.17, 15) is 0 Å². The molecule has 5 nitrogen and oxygen atoms in total. The summed E-state index contributed by atoms with van der Waals surface area (Å²) in [6.07, 6.45) is 1.86. The summed E-state index contributed by atoms with van der Waals surface area (Å²) >= 11 is 8.89. The van der Waals surface area contributed by atoms with Gasteiger partial charge in [0.2, 0.25) is 0 Å². The Bertz CT molecular complexity index is 607. The molecule has 0 saturated carbocycles. The maximum Gasteiger partial charge on any atom is 0.140 e. The van der Waals surface area contributed by atoms with Gasteiger partial charge < -0.3 is 9.64 Å². The van der Waals surface area contributed by atoms with E-state index >= 15 is 0 Å². The molecular formula is C13H13BrN4OS. The van der Waals surface area contributed by atoms with Crippen LogP contribution >= 0.6 is 28.1 Å². The smallest absolute Gasteiger partial charge is 0.140 e. The van der Waals surface area contributed by atoms with Crippen molar-refractivity contribution in [3.8, 4) is 5.69 Å². The minimum Gasteiger partial charge on any atom is -0.378 e. The topological polar surface area (TPSA) is 43.2 Å². The van der Waals surface area contributed by atoms with Crippen LogP contribution in [-0.4, -0.2) is 51.2 Å². The highest BCUT2D eigenvalue weighted by Gasteiger charge is 2.17. The molecule has 7 heteroatoms. The van der Waals surface area contributed by atoms with Crippen molar-refractivity contribution < 1.29 is 4.74 Å². The van der Waals surface area contributed by atoms with Crippen molar-refractivity contribution in [3.63, 3.8) is 0 Å². The van der Waals surface area contributed by atoms with Crippen LogP contribution in [0.25, 0.3) is 5.69 Å². The first-order valence-corrected chi connectivity index (χ1v) is 7.49. The van der Waals surface area contributed by atoms with Gasteiger partial charge in [-0.25, -0.2) is 4.68 Å². The fourth-order valence-electron chi connectivity index (χ4n) is 2.01. The monoisotopic (exact) mass is 352 g/mol. The maximum absolute atomic E-state index is 5.47. The molecule has 0 spiro atoms. The van der Waals surface area contributed by atoms with Crippen LogP contribution in [-0.2, 0) is 4.74 Å². The SMILES string of the molecule is S=C(c1cn(-c2ccc(Br)cc2)nn1)N1CCOCC1.